The molecule has 0 bridgehead atoms. The lowest BCUT2D eigenvalue weighted by atomic mass is 10.2. The van der Waals surface area contributed by atoms with Gasteiger partial charge in [-0.25, -0.2) is 4.98 Å². The maximum atomic E-state index is 8.76. The number of nitrogens with zero attached hydrogens (tertiary/aromatic N) is 2. The molecule has 0 aliphatic carbocycles. The second-order valence-corrected chi connectivity index (χ2v) is 3.17. The third-order valence-electron chi connectivity index (χ3n) is 1.39. The maximum Gasteiger partial charge on any atom is 0.216 e. The van der Waals surface area contributed by atoms with Crippen LogP contribution >= 0.6 is 0 Å². The molecule has 0 saturated heterocycles. The summed E-state index contributed by atoms with van der Waals surface area (Å²) in [6.45, 7) is 4.60. The van der Waals surface area contributed by atoms with E-state index in [2.05, 4.69) is 23.8 Å². The molecule has 0 spiro atoms. The van der Waals surface area contributed by atoms with Crippen LogP contribution in [0.2, 0.25) is 0 Å². The minimum atomic E-state index is -0.154. The van der Waals surface area contributed by atoms with Crippen LogP contribution in [-0.4, -0.2) is 21.7 Å². The Kier molecular flexibility index (Phi) is 3.64. The Morgan fingerprint density at radius 3 is 2.92 bits per heavy atom. The van der Waals surface area contributed by atoms with E-state index in [-0.39, 0.29) is 6.61 Å². The Hall–Kier alpha value is -1.16. The third-order valence-corrected chi connectivity index (χ3v) is 1.39. The first-order valence-electron chi connectivity index (χ1n) is 4.28. The van der Waals surface area contributed by atoms with Gasteiger partial charge in [0.15, 0.2) is 5.82 Å². The van der Waals surface area contributed by atoms with Gasteiger partial charge in [-0.15, -0.1) is 0 Å². The van der Waals surface area contributed by atoms with Crippen molar-refractivity contribution >= 4 is 0 Å². The summed E-state index contributed by atoms with van der Waals surface area (Å²) in [7, 11) is 0. The Balaban J connectivity index is 2.56. The summed E-state index contributed by atoms with van der Waals surface area (Å²) in [6.07, 6.45) is 1.58. The van der Waals surface area contributed by atoms with E-state index in [0.717, 1.165) is 0 Å². The molecule has 4 heteroatoms. The van der Waals surface area contributed by atoms with Crippen molar-refractivity contribution in [2.24, 2.45) is 5.92 Å². The number of aromatic nitrogens is 2. The fourth-order valence-electron chi connectivity index (χ4n) is 0.789. The largest absolute Gasteiger partial charge is 0.477 e. The van der Waals surface area contributed by atoms with Gasteiger partial charge in [0.25, 0.3) is 0 Å². The second-order valence-electron chi connectivity index (χ2n) is 3.17. The molecule has 0 amide bonds. The molecule has 0 fully saturated rings. The van der Waals surface area contributed by atoms with Gasteiger partial charge in [-0.3, -0.25) is 0 Å². The zero-order valence-electron chi connectivity index (χ0n) is 7.90. The SMILES string of the molecule is CC(C)COc1ccnc(CO)n1. The molecule has 1 heterocycles. The normalized spacial score (nSPS) is 10.5. The number of aliphatic hydroxyl groups is 1. The van der Waals surface area contributed by atoms with Crippen molar-refractivity contribution < 1.29 is 9.84 Å². The highest BCUT2D eigenvalue weighted by Gasteiger charge is 2.00. The van der Waals surface area contributed by atoms with Crippen LogP contribution in [0.4, 0.5) is 0 Å². The lowest BCUT2D eigenvalue weighted by molar-refractivity contribution is 0.248. The molecule has 1 N–H and O–H groups in total. The van der Waals surface area contributed by atoms with Crippen LogP contribution in [0.5, 0.6) is 5.88 Å². The maximum absolute atomic E-state index is 8.76. The number of rotatable bonds is 4. The topological polar surface area (TPSA) is 55.2 Å². The standard InChI is InChI=1S/C9H14N2O2/c1-7(2)6-13-9-3-4-10-8(5-12)11-9/h3-4,7,12H,5-6H2,1-2H3. The fraction of sp³-hybridized carbons (Fsp3) is 0.556. The average molecular weight is 182 g/mol. The number of ether oxygens (including phenoxy) is 1. The zero-order chi connectivity index (χ0) is 9.68. The minimum absolute atomic E-state index is 0.154. The summed E-state index contributed by atoms with van der Waals surface area (Å²) >= 11 is 0. The number of hydrogen-bond donors (Lipinski definition) is 1. The Bertz CT molecular complexity index is 264. The first-order chi connectivity index (χ1) is 6.22. The van der Waals surface area contributed by atoms with E-state index in [1.54, 1.807) is 12.3 Å². The van der Waals surface area contributed by atoms with E-state index in [4.69, 9.17) is 9.84 Å². The van der Waals surface area contributed by atoms with Gasteiger partial charge in [0, 0.05) is 12.3 Å². The van der Waals surface area contributed by atoms with Crippen molar-refractivity contribution in [3.05, 3.63) is 18.1 Å². The molecule has 72 valence electrons. The van der Waals surface area contributed by atoms with Crippen molar-refractivity contribution in [3.63, 3.8) is 0 Å². The Morgan fingerprint density at radius 1 is 1.54 bits per heavy atom. The predicted molar refractivity (Wildman–Crippen MR) is 48.3 cm³/mol. The number of aliphatic hydroxyl groups excluding tert-OH is 1. The van der Waals surface area contributed by atoms with Crippen molar-refractivity contribution in [2.75, 3.05) is 6.61 Å². The lowest BCUT2D eigenvalue weighted by Crippen LogP contribution is -2.06. The molecule has 0 aromatic carbocycles. The van der Waals surface area contributed by atoms with Crippen molar-refractivity contribution in [1.29, 1.82) is 0 Å². The molecule has 0 radical (unpaired) electrons. The molecule has 4 nitrogen and oxygen atoms in total. The van der Waals surface area contributed by atoms with E-state index in [1.807, 2.05) is 0 Å². The molecule has 0 saturated carbocycles. The summed E-state index contributed by atoms with van der Waals surface area (Å²) in [4.78, 5) is 7.82. The molecule has 1 rings (SSSR count). The average Bonchev–Trinajstić information content (AvgIpc) is 2.15. The molecular weight excluding hydrogens is 168 g/mol. The third kappa shape index (κ3) is 3.38. The molecule has 0 aliphatic heterocycles. The summed E-state index contributed by atoms with van der Waals surface area (Å²) in [5.41, 5.74) is 0. The smallest absolute Gasteiger partial charge is 0.216 e. The van der Waals surface area contributed by atoms with E-state index in [9.17, 15) is 0 Å². The van der Waals surface area contributed by atoms with Gasteiger partial charge in [0.2, 0.25) is 5.88 Å². The highest BCUT2D eigenvalue weighted by Crippen LogP contribution is 2.06. The predicted octanol–water partition coefficient (Wildman–Crippen LogP) is 1.00. The highest BCUT2D eigenvalue weighted by molar-refractivity contribution is 5.07. The van der Waals surface area contributed by atoms with E-state index in [1.165, 1.54) is 0 Å². The van der Waals surface area contributed by atoms with Crippen LogP contribution in [0.3, 0.4) is 0 Å². The van der Waals surface area contributed by atoms with Crippen LogP contribution < -0.4 is 4.74 Å². The van der Waals surface area contributed by atoms with E-state index >= 15 is 0 Å². The first-order valence-corrected chi connectivity index (χ1v) is 4.28. The molecule has 1 aromatic heterocycles. The fourth-order valence-corrected chi connectivity index (χ4v) is 0.789. The summed E-state index contributed by atoms with van der Waals surface area (Å²) in [5, 5.41) is 8.76. The van der Waals surface area contributed by atoms with Crippen molar-refractivity contribution in [1.82, 2.24) is 9.97 Å². The second kappa shape index (κ2) is 4.77. The summed E-state index contributed by atoms with van der Waals surface area (Å²) < 4.78 is 5.35. The molecule has 0 aliphatic rings. The lowest BCUT2D eigenvalue weighted by Gasteiger charge is -2.07. The van der Waals surface area contributed by atoms with Gasteiger partial charge in [-0.05, 0) is 5.92 Å². The molecule has 1 aromatic rings. The van der Waals surface area contributed by atoms with Crippen LogP contribution in [-0.2, 0) is 6.61 Å². The van der Waals surface area contributed by atoms with Crippen LogP contribution in [0, 0.1) is 5.92 Å². The van der Waals surface area contributed by atoms with Gasteiger partial charge in [0.1, 0.15) is 6.61 Å². The van der Waals surface area contributed by atoms with Crippen molar-refractivity contribution in [3.8, 4) is 5.88 Å². The monoisotopic (exact) mass is 182 g/mol. The number of hydrogen-bond acceptors (Lipinski definition) is 4. The summed E-state index contributed by atoms with van der Waals surface area (Å²) in [6, 6.07) is 1.68. The zero-order valence-corrected chi connectivity index (χ0v) is 7.90. The van der Waals surface area contributed by atoms with E-state index < -0.39 is 0 Å². The van der Waals surface area contributed by atoms with Crippen molar-refractivity contribution in [2.45, 2.75) is 20.5 Å². The highest BCUT2D eigenvalue weighted by atomic mass is 16.5. The Morgan fingerprint density at radius 2 is 2.31 bits per heavy atom. The quantitative estimate of drug-likeness (QED) is 0.754. The Labute approximate surface area is 77.6 Å². The van der Waals surface area contributed by atoms with Gasteiger partial charge in [0.05, 0.1) is 6.61 Å². The molecule has 0 unspecified atom stereocenters. The van der Waals surface area contributed by atoms with Crippen LogP contribution in [0.25, 0.3) is 0 Å². The molecular formula is C9H14N2O2. The summed E-state index contributed by atoms with van der Waals surface area (Å²) in [5.74, 6) is 1.38. The van der Waals surface area contributed by atoms with E-state index in [0.29, 0.717) is 24.2 Å². The van der Waals surface area contributed by atoms with Gasteiger partial charge in [-0.2, -0.15) is 4.98 Å². The minimum Gasteiger partial charge on any atom is -0.477 e. The van der Waals surface area contributed by atoms with Gasteiger partial charge in [-0.1, -0.05) is 13.8 Å². The first kappa shape index (κ1) is 9.92. The molecule has 13 heavy (non-hydrogen) atoms. The molecule has 0 atom stereocenters. The van der Waals surface area contributed by atoms with Crippen LogP contribution in [0.15, 0.2) is 12.3 Å². The van der Waals surface area contributed by atoms with Gasteiger partial charge >= 0.3 is 0 Å². The van der Waals surface area contributed by atoms with Crippen LogP contribution in [0.1, 0.15) is 19.7 Å². The van der Waals surface area contributed by atoms with Gasteiger partial charge < -0.3 is 9.84 Å².